The van der Waals surface area contributed by atoms with Crippen molar-refractivity contribution in [3.8, 4) is 11.6 Å². The zero-order chi connectivity index (χ0) is 12.6. The second kappa shape index (κ2) is 5.29. The first-order valence-electron chi connectivity index (χ1n) is 4.47. The molecule has 3 N–H and O–H groups in total. The number of rotatable bonds is 2. The molecule has 18 heavy (non-hydrogen) atoms. The van der Waals surface area contributed by atoms with Gasteiger partial charge in [-0.2, -0.15) is 8.42 Å². The van der Waals surface area contributed by atoms with Gasteiger partial charge in [0.1, 0.15) is 0 Å². The van der Waals surface area contributed by atoms with Crippen molar-refractivity contribution in [2.45, 2.75) is 4.90 Å². The first kappa shape index (κ1) is 15.0. The Bertz CT molecular complexity index is 701. The summed E-state index contributed by atoms with van der Waals surface area (Å²) >= 11 is 0. The Morgan fingerprint density at radius 2 is 1.72 bits per heavy atom. The molecule has 0 radical (unpaired) electrons. The normalized spacial score (nSPS) is 10.9. The minimum atomic E-state index is -4.25. The molecule has 2 aromatic rings. The molecular formula is C9H9N2NaO5S. The molecule has 9 heteroatoms. The third-order valence-corrected chi connectivity index (χ3v) is 2.97. The van der Waals surface area contributed by atoms with E-state index in [0.29, 0.717) is 5.69 Å². The van der Waals surface area contributed by atoms with Gasteiger partial charge in [-0.1, -0.05) is 0 Å². The van der Waals surface area contributed by atoms with Gasteiger partial charge in [0.15, 0.2) is 0 Å². The number of nitrogens with one attached hydrogen (secondary N) is 1. The van der Waals surface area contributed by atoms with Crippen molar-refractivity contribution >= 4 is 39.7 Å². The summed E-state index contributed by atoms with van der Waals surface area (Å²) in [4.78, 5) is 11.1. The quantitative estimate of drug-likeness (QED) is 0.505. The Labute approximate surface area is 124 Å². The fourth-order valence-corrected chi connectivity index (χ4v) is 1.82. The molecule has 0 saturated heterocycles. The van der Waals surface area contributed by atoms with Crippen LogP contribution in [0.1, 0.15) is 0 Å². The Hall–Kier alpha value is -1.06. The molecule has 0 spiro atoms. The molecule has 0 fully saturated rings. The monoisotopic (exact) mass is 280 g/mol. The maximum absolute atomic E-state index is 11.3. The van der Waals surface area contributed by atoms with E-state index in [1.54, 1.807) is 0 Å². The average molecular weight is 280 g/mol. The first-order valence-corrected chi connectivity index (χ1v) is 5.91. The zero-order valence-corrected chi connectivity index (χ0v) is 9.18. The predicted octanol–water partition coefficient (Wildman–Crippen LogP) is -0.531. The molecule has 2 rings (SSSR count). The van der Waals surface area contributed by atoms with Crippen molar-refractivity contribution in [3.63, 3.8) is 0 Å². The Morgan fingerprint density at radius 3 is 2.11 bits per heavy atom. The van der Waals surface area contributed by atoms with Gasteiger partial charge < -0.3 is 5.11 Å². The molecule has 0 unspecified atom stereocenters. The van der Waals surface area contributed by atoms with Gasteiger partial charge in [-0.15, -0.1) is 0 Å². The van der Waals surface area contributed by atoms with E-state index in [1.165, 1.54) is 12.1 Å². The fourth-order valence-electron chi connectivity index (χ4n) is 1.34. The van der Waals surface area contributed by atoms with Crippen molar-refractivity contribution < 1.29 is 18.1 Å². The number of aromatic nitrogens is 2. The standard InChI is InChI=1S/C9H8N2O5S.Na.H/c12-8-5-9(13)11(10-8)6-1-3-7(4-2-6)17(14,15)16;;/h1-5,10,12H,(H,14,15,16);;. The number of aromatic hydroxyl groups is 1. The molecule has 0 aliphatic rings. The van der Waals surface area contributed by atoms with Crippen LogP contribution in [-0.2, 0) is 10.1 Å². The fraction of sp³-hybridized carbons (Fsp3) is 0. The van der Waals surface area contributed by atoms with Crippen LogP contribution in [0.3, 0.4) is 0 Å². The number of benzene rings is 1. The minimum absolute atomic E-state index is 0. The molecule has 7 nitrogen and oxygen atoms in total. The summed E-state index contributed by atoms with van der Waals surface area (Å²) in [5.74, 6) is -0.297. The number of aromatic amines is 1. The Balaban J connectivity index is 0.00000162. The van der Waals surface area contributed by atoms with Crippen LogP contribution in [0.5, 0.6) is 5.88 Å². The molecule has 1 aromatic carbocycles. The summed E-state index contributed by atoms with van der Waals surface area (Å²) in [5, 5.41) is 11.4. The summed E-state index contributed by atoms with van der Waals surface area (Å²) in [6.45, 7) is 0. The van der Waals surface area contributed by atoms with Crippen LogP contribution in [0.25, 0.3) is 5.69 Å². The summed E-state index contributed by atoms with van der Waals surface area (Å²) < 4.78 is 31.4. The topological polar surface area (TPSA) is 112 Å². The van der Waals surface area contributed by atoms with Gasteiger partial charge in [-0.05, 0) is 24.3 Å². The van der Waals surface area contributed by atoms with Crippen molar-refractivity contribution in [1.82, 2.24) is 9.78 Å². The number of hydrogen-bond acceptors (Lipinski definition) is 4. The van der Waals surface area contributed by atoms with E-state index in [2.05, 4.69) is 5.10 Å². The van der Waals surface area contributed by atoms with Gasteiger partial charge in [0.05, 0.1) is 16.6 Å². The van der Waals surface area contributed by atoms with Crippen LogP contribution in [-0.4, -0.2) is 57.4 Å². The van der Waals surface area contributed by atoms with Crippen molar-refractivity contribution in [1.29, 1.82) is 0 Å². The van der Waals surface area contributed by atoms with Crippen molar-refractivity contribution in [2.75, 3.05) is 0 Å². The van der Waals surface area contributed by atoms with Crippen molar-refractivity contribution in [2.24, 2.45) is 0 Å². The molecule has 0 aliphatic heterocycles. The number of hydrogen-bond donors (Lipinski definition) is 3. The molecule has 0 saturated carbocycles. The summed E-state index contributed by atoms with van der Waals surface area (Å²) in [5.41, 5.74) is -0.148. The number of H-pyrrole nitrogens is 1. The molecule has 92 valence electrons. The van der Waals surface area contributed by atoms with Gasteiger partial charge >= 0.3 is 29.6 Å². The van der Waals surface area contributed by atoms with Gasteiger partial charge in [0, 0.05) is 0 Å². The summed E-state index contributed by atoms with van der Waals surface area (Å²) in [6, 6.07) is 5.92. The second-order valence-electron chi connectivity index (χ2n) is 3.28. The molecule has 0 amide bonds. The molecule has 1 heterocycles. The van der Waals surface area contributed by atoms with Crippen LogP contribution < -0.4 is 5.56 Å². The van der Waals surface area contributed by atoms with E-state index in [-0.39, 0.29) is 40.3 Å². The maximum atomic E-state index is 11.3. The van der Waals surface area contributed by atoms with Crippen molar-refractivity contribution in [3.05, 3.63) is 40.7 Å². The van der Waals surface area contributed by atoms with E-state index >= 15 is 0 Å². The molecular weight excluding hydrogens is 271 g/mol. The van der Waals surface area contributed by atoms with E-state index in [1.807, 2.05) is 0 Å². The van der Waals surface area contributed by atoms with Gasteiger partial charge in [-0.3, -0.25) is 14.4 Å². The predicted molar refractivity (Wildman–Crippen MR) is 65.0 cm³/mol. The zero-order valence-electron chi connectivity index (χ0n) is 8.36. The summed E-state index contributed by atoms with van der Waals surface area (Å²) in [6.07, 6.45) is 0. The molecule has 1 aromatic heterocycles. The second-order valence-corrected chi connectivity index (χ2v) is 4.71. The Kier molecular flexibility index (Phi) is 4.41. The van der Waals surface area contributed by atoms with Crippen LogP contribution >= 0.6 is 0 Å². The van der Waals surface area contributed by atoms with E-state index in [0.717, 1.165) is 22.9 Å². The van der Waals surface area contributed by atoms with Crippen LogP contribution in [0, 0.1) is 0 Å². The Morgan fingerprint density at radius 1 is 1.17 bits per heavy atom. The third-order valence-electron chi connectivity index (χ3n) is 2.10. The average Bonchev–Trinajstić information content (AvgIpc) is 2.57. The van der Waals surface area contributed by atoms with Crippen LogP contribution in [0.4, 0.5) is 0 Å². The first-order chi connectivity index (χ1) is 7.88. The molecule has 0 atom stereocenters. The van der Waals surface area contributed by atoms with Gasteiger partial charge in [0.2, 0.25) is 5.88 Å². The van der Waals surface area contributed by atoms with E-state index in [4.69, 9.17) is 9.66 Å². The third kappa shape index (κ3) is 3.03. The molecule has 0 bridgehead atoms. The summed E-state index contributed by atoms with van der Waals surface area (Å²) in [7, 11) is -4.25. The van der Waals surface area contributed by atoms with E-state index < -0.39 is 15.7 Å². The van der Waals surface area contributed by atoms with Crippen LogP contribution in [0.2, 0.25) is 0 Å². The van der Waals surface area contributed by atoms with Crippen LogP contribution in [0.15, 0.2) is 40.0 Å². The molecule has 0 aliphatic carbocycles. The van der Waals surface area contributed by atoms with E-state index in [9.17, 15) is 13.2 Å². The van der Waals surface area contributed by atoms with Gasteiger partial charge in [0.25, 0.3) is 15.7 Å². The number of nitrogens with zero attached hydrogens (tertiary/aromatic N) is 1. The van der Waals surface area contributed by atoms with Gasteiger partial charge in [-0.25, -0.2) is 4.68 Å². The SMILES string of the molecule is O=c1cc(O)[nH]n1-c1ccc(S(=O)(=O)O)cc1.[NaH].